The number of rotatable bonds is 5. The summed E-state index contributed by atoms with van der Waals surface area (Å²) in [6.07, 6.45) is 0.978. The minimum Gasteiger partial charge on any atom is -0.481 e. The molecule has 1 saturated heterocycles. The SMILES string of the molecule is CC(O)(CNC(=O)C1CCCCS1(=O)=O)CC(=O)O. The second-order valence-electron chi connectivity index (χ2n) is 5.14. The highest BCUT2D eigenvalue weighted by atomic mass is 32.2. The minimum absolute atomic E-state index is 0.00337. The van der Waals surface area contributed by atoms with Crippen molar-refractivity contribution >= 4 is 21.7 Å². The lowest BCUT2D eigenvalue weighted by Gasteiger charge is -2.25. The van der Waals surface area contributed by atoms with Gasteiger partial charge >= 0.3 is 5.97 Å². The summed E-state index contributed by atoms with van der Waals surface area (Å²) in [5.41, 5.74) is -1.60. The summed E-state index contributed by atoms with van der Waals surface area (Å²) in [6.45, 7) is 0.987. The number of carboxylic acid groups (broad SMARTS) is 1. The van der Waals surface area contributed by atoms with Gasteiger partial charge in [0.15, 0.2) is 9.84 Å². The number of amides is 1. The molecule has 0 aromatic rings. The number of aliphatic carboxylic acids is 1. The van der Waals surface area contributed by atoms with Gasteiger partial charge in [-0.3, -0.25) is 9.59 Å². The number of hydrogen-bond donors (Lipinski definition) is 3. The zero-order valence-corrected chi connectivity index (χ0v) is 11.6. The number of nitrogens with one attached hydrogen (secondary N) is 1. The second-order valence-corrected chi connectivity index (χ2v) is 7.44. The predicted molar refractivity (Wildman–Crippen MR) is 67.3 cm³/mol. The summed E-state index contributed by atoms with van der Waals surface area (Å²) in [7, 11) is -3.42. The molecule has 110 valence electrons. The van der Waals surface area contributed by atoms with Gasteiger partial charge in [-0.1, -0.05) is 6.42 Å². The van der Waals surface area contributed by atoms with Gasteiger partial charge in [-0.25, -0.2) is 8.42 Å². The van der Waals surface area contributed by atoms with Gasteiger partial charge < -0.3 is 15.5 Å². The molecule has 0 radical (unpaired) electrons. The Morgan fingerprint density at radius 1 is 1.37 bits per heavy atom. The monoisotopic (exact) mass is 293 g/mol. The predicted octanol–water partition coefficient (Wildman–Crippen LogP) is -0.704. The fourth-order valence-corrected chi connectivity index (χ4v) is 3.85. The van der Waals surface area contributed by atoms with Crippen molar-refractivity contribution in [1.82, 2.24) is 5.32 Å². The van der Waals surface area contributed by atoms with Crippen LogP contribution >= 0.6 is 0 Å². The summed E-state index contributed by atoms with van der Waals surface area (Å²) in [6, 6.07) is 0. The van der Waals surface area contributed by atoms with E-state index in [1.54, 1.807) is 0 Å². The van der Waals surface area contributed by atoms with Crippen LogP contribution in [0.2, 0.25) is 0 Å². The summed E-state index contributed by atoms with van der Waals surface area (Å²) < 4.78 is 23.4. The van der Waals surface area contributed by atoms with Crippen molar-refractivity contribution < 1.29 is 28.2 Å². The van der Waals surface area contributed by atoms with Crippen molar-refractivity contribution in [3.63, 3.8) is 0 Å². The van der Waals surface area contributed by atoms with Gasteiger partial charge in [0.05, 0.1) is 17.8 Å². The Morgan fingerprint density at radius 2 is 2.00 bits per heavy atom. The van der Waals surface area contributed by atoms with E-state index in [1.165, 1.54) is 6.92 Å². The Labute approximate surface area is 111 Å². The summed E-state index contributed by atoms with van der Waals surface area (Å²) >= 11 is 0. The van der Waals surface area contributed by atoms with Crippen molar-refractivity contribution in [2.45, 2.75) is 43.5 Å². The first-order valence-corrected chi connectivity index (χ1v) is 7.79. The zero-order valence-electron chi connectivity index (χ0n) is 10.8. The summed E-state index contributed by atoms with van der Waals surface area (Å²) in [4.78, 5) is 22.3. The molecule has 7 nitrogen and oxygen atoms in total. The molecule has 19 heavy (non-hydrogen) atoms. The van der Waals surface area contributed by atoms with Gasteiger partial charge in [0.1, 0.15) is 5.25 Å². The summed E-state index contributed by atoms with van der Waals surface area (Å²) in [5, 5.41) is 19.5. The average molecular weight is 293 g/mol. The molecule has 0 aromatic carbocycles. The molecule has 3 N–H and O–H groups in total. The molecular weight excluding hydrogens is 274 g/mol. The van der Waals surface area contributed by atoms with Gasteiger partial charge in [0, 0.05) is 6.54 Å². The highest BCUT2D eigenvalue weighted by Gasteiger charge is 2.35. The van der Waals surface area contributed by atoms with Crippen LogP contribution in [-0.2, 0) is 19.4 Å². The smallest absolute Gasteiger partial charge is 0.306 e. The third kappa shape index (κ3) is 4.79. The Kier molecular flexibility index (Phi) is 4.92. The highest BCUT2D eigenvalue weighted by molar-refractivity contribution is 7.92. The molecule has 1 aliphatic heterocycles. The van der Waals surface area contributed by atoms with E-state index >= 15 is 0 Å². The standard InChI is InChI=1S/C11H19NO6S/c1-11(16,6-9(13)14)7-12-10(15)8-4-2-3-5-19(8,17)18/h8,16H,2-7H2,1H3,(H,12,15)(H,13,14). The minimum atomic E-state index is -3.42. The Balaban J connectivity index is 2.58. The van der Waals surface area contributed by atoms with Gasteiger partial charge in [0.2, 0.25) is 5.91 Å². The van der Waals surface area contributed by atoms with Crippen LogP contribution in [0.25, 0.3) is 0 Å². The second kappa shape index (κ2) is 5.87. The van der Waals surface area contributed by atoms with Crippen LogP contribution in [0.15, 0.2) is 0 Å². The average Bonchev–Trinajstić information content (AvgIpc) is 2.23. The van der Waals surface area contributed by atoms with Crippen molar-refractivity contribution in [3.05, 3.63) is 0 Å². The van der Waals surface area contributed by atoms with E-state index in [4.69, 9.17) is 5.11 Å². The number of carbonyl (C=O) groups excluding carboxylic acids is 1. The lowest BCUT2D eigenvalue weighted by molar-refractivity contribution is -0.142. The van der Waals surface area contributed by atoms with E-state index in [1.807, 2.05) is 0 Å². The van der Waals surface area contributed by atoms with Gasteiger partial charge in [-0.15, -0.1) is 0 Å². The normalized spacial score (nSPS) is 25.3. The lowest BCUT2D eigenvalue weighted by atomic mass is 10.0. The van der Waals surface area contributed by atoms with Crippen LogP contribution < -0.4 is 5.32 Å². The first-order valence-electron chi connectivity index (χ1n) is 6.07. The molecule has 1 aliphatic rings. The third-order valence-electron chi connectivity index (χ3n) is 3.05. The molecule has 0 saturated carbocycles. The molecule has 0 aliphatic carbocycles. The lowest BCUT2D eigenvalue weighted by Crippen LogP contribution is -2.48. The van der Waals surface area contributed by atoms with Crippen LogP contribution in [0.5, 0.6) is 0 Å². The van der Waals surface area contributed by atoms with E-state index in [-0.39, 0.29) is 18.7 Å². The van der Waals surface area contributed by atoms with Crippen molar-refractivity contribution in [2.75, 3.05) is 12.3 Å². The summed E-state index contributed by atoms with van der Waals surface area (Å²) in [5.74, 6) is -1.86. The first-order chi connectivity index (χ1) is 8.64. The molecule has 2 atom stereocenters. The Bertz CT molecular complexity index is 456. The van der Waals surface area contributed by atoms with Gasteiger partial charge in [-0.2, -0.15) is 0 Å². The molecule has 8 heteroatoms. The quantitative estimate of drug-likeness (QED) is 0.616. The largest absolute Gasteiger partial charge is 0.481 e. The first kappa shape index (κ1) is 15.9. The van der Waals surface area contributed by atoms with Crippen LogP contribution in [0.3, 0.4) is 0 Å². The van der Waals surface area contributed by atoms with Crippen molar-refractivity contribution in [2.24, 2.45) is 0 Å². The number of hydrogen-bond acceptors (Lipinski definition) is 5. The van der Waals surface area contributed by atoms with E-state index < -0.39 is 39.0 Å². The number of carbonyl (C=O) groups is 2. The van der Waals surface area contributed by atoms with Crippen LogP contribution in [0, 0.1) is 0 Å². The molecule has 1 heterocycles. The maximum atomic E-state index is 11.8. The Morgan fingerprint density at radius 3 is 2.53 bits per heavy atom. The molecule has 1 rings (SSSR count). The topological polar surface area (TPSA) is 121 Å². The van der Waals surface area contributed by atoms with E-state index in [9.17, 15) is 23.1 Å². The number of carboxylic acids is 1. The third-order valence-corrected chi connectivity index (χ3v) is 5.22. The van der Waals surface area contributed by atoms with Crippen molar-refractivity contribution in [1.29, 1.82) is 0 Å². The molecule has 1 fully saturated rings. The molecule has 0 bridgehead atoms. The van der Waals surface area contributed by atoms with Crippen molar-refractivity contribution in [3.8, 4) is 0 Å². The fraction of sp³-hybridized carbons (Fsp3) is 0.818. The van der Waals surface area contributed by atoms with E-state index in [0.717, 1.165) is 0 Å². The molecule has 1 amide bonds. The van der Waals surface area contributed by atoms with Crippen LogP contribution in [-0.4, -0.2) is 53.7 Å². The molecule has 0 aromatic heterocycles. The number of aliphatic hydroxyl groups is 1. The maximum Gasteiger partial charge on any atom is 0.306 e. The van der Waals surface area contributed by atoms with Crippen LogP contribution in [0.4, 0.5) is 0 Å². The van der Waals surface area contributed by atoms with Gasteiger partial charge in [-0.05, 0) is 19.8 Å². The number of sulfone groups is 1. The van der Waals surface area contributed by atoms with Gasteiger partial charge in [0.25, 0.3) is 0 Å². The van der Waals surface area contributed by atoms with Crippen LogP contribution in [0.1, 0.15) is 32.6 Å². The van der Waals surface area contributed by atoms with E-state index in [2.05, 4.69) is 5.32 Å². The maximum absolute atomic E-state index is 11.8. The highest BCUT2D eigenvalue weighted by Crippen LogP contribution is 2.19. The van der Waals surface area contributed by atoms with E-state index in [0.29, 0.717) is 12.8 Å². The fourth-order valence-electron chi connectivity index (χ4n) is 2.03. The zero-order chi connectivity index (χ0) is 14.7. The molecular formula is C11H19NO6S. The Hall–Kier alpha value is -1.15. The molecule has 0 spiro atoms. The molecule has 2 unspecified atom stereocenters.